The Morgan fingerprint density at radius 3 is 2.60 bits per heavy atom. The average molecular weight is 396 g/mol. The van der Waals surface area contributed by atoms with Crippen LogP contribution < -0.4 is 5.32 Å². The van der Waals surface area contributed by atoms with Crippen LogP contribution in [0.25, 0.3) is 10.8 Å². The molecule has 3 aromatic carbocycles. The standard InChI is InChI=1S/C20H14BrNO3/c21-15-7-8-17-16(10-15)20(25,19(24)22-17)11-18(23)14-6-5-12-3-1-2-4-13(12)9-14/h1-10,25H,11H2,(H,22,24)/t20-/m0/s1. The zero-order valence-electron chi connectivity index (χ0n) is 13.1. The molecule has 1 heterocycles. The van der Waals surface area contributed by atoms with E-state index in [4.69, 9.17) is 0 Å². The van der Waals surface area contributed by atoms with Gasteiger partial charge in [-0.25, -0.2) is 0 Å². The van der Waals surface area contributed by atoms with Gasteiger partial charge >= 0.3 is 0 Å². The Bertz CT molecular complexity index is 1030. The van der Waals surface area contributed by atoms with E-state index >= 15 is 0 Å². The van der Waals surface area contributed by atoms with Crippen molar-refractivity contribution in [3.63, 3.8) is 0 Å². The smallest absolute Gasteiger partial charge is 0.261 e. The van der Waals surface area contributed by atoms with Crippen LogP contribution in [0.3, 0.4) is 0 Å². The van der Waals surface area contributed by atoms with Gasteiger partial charge in [0.25, 0.3) is 5.91 Å². The predicted molar refractivity (Wildman–Crippen MR) is 99.6 cm³/mol. The lowest BCUT2D eigenvalue weighted by molar-refractivity contribution is -0.133. The van der Waals surface area contributed by atoms with Gasteiger partial charge in [-0.05, 0) is 35.0 Å². The highest BCUT2D eigenvalue weighted by atomic mass is 79.9. The fraction of sp³-hybridized carbons (Fsp3) is 0.100. The molecule has 0 aliphatic carbocycles. The molecule has 4 nitrogen and oxygen atoms in total. The molecule has 1 atom stereocenters. The highest BCUT2D eigenvalue weighted by molar-refractivity contribution is 9.10. The van der Waals surface area contributed by atoms with Crippen molar-refractivity contribution in [2.45, 2.75) is 12.0 Å². The van der Waals surface area contributed by atoms with Gasteiger partial charge in [0.2, 0.25) is 0 Å². The first-order valence-electron chi connectivity index (χ1n) is 7.83. The summed E-state index contributed by atoms with van der Waals surface area (Å²) in [6.07, 6.45) is -0.305. The molecular formula is C20H14BrNO3. The number of carbonyl (C=O) groups excluding carboxylic acids is 2. The van der Waals surface area contributed by atoms with Gasteiger partial charge in [-0.1, -0.05) is 52.3 Å². The number of halogens is 1. The third kappa shape index (κ3) is 2.65. The molecule has 2 N–H and O–H groups in total. The summed E-state index contributed by atoms with van der Waals surface area (Å²) in [5, 5.41) is 15.5. The summed E-state index contributed by atoms with van der Waals surface area (Å²) < 4.78 is 0.735. The number of fused-ring (bicyclic) bond motifs is 2. The Labute approximate surface area is 152 Å². The molecule has 1 amide bonds. The Hall–Kier alpha value is -2.50. The minimum Gasteiger partial charge on any atom is -0.375 e. The number of nitrogens with one attached hydrogen (secondary N) is 1. The number of carbonyl (C=O) groups is 2. The highest BCUT2D eigenvalue weighted by Crippen LogP contribution is 2.40. The Morgan fingerprint density at radius 2 is 1.80 bits per heavy atom. The van der Waals surface area contributed by atoms with E-state index in [0.717, 1.165) is 15.2 Å². The van der Waals surface area contributed by atoms with Crippen LogP contribution in [0.5, 0.6) is 0 Å². The van der Waals surface area contributed by atoms with Crippen LogP contribution in [-0.4, -0.2) is 16.8 Å². The first-order chi connectivity index (χ1) is 12.0. The number of hydrogen-bond donors (Lipinski definition) is 2. The van der Waals surface area contributed by atoms with E-state index in [1.54, 1.807) is 30.3 Å². The second-order valence-electron chi connectivity index (χ2n) is 6.17. The second-order valence-corrected chi connectivity index (χ2v) is 7.08. The largest absolute Gasteiger partial charge is 0.375 e. The molecule has 124 valence electrons. The van der Waals surface area contributed by atoms with Crippen LogP contribution in [0.15, 0.2) is 65.1 Å². The fourth-order valence-electron chi connectivity index (χ4n) is 3.19. The Balaban J connectivity index is 1.70. The van der Waals surface area contributed by atoms with Gasteiger partial charge in [0.05, 0.1) is 6.42 Å². The molecule has 4 rings (SSSR count). The molecule has 0 radical (unpaired) electrons. The molecule has 5 heteroatoms. The highest BCUT2D eigenvalue weighted by Gasteiger charge is 2.46. The third-order valence-electron chi connectivity index (χ3n) is 4.54. The van der Waals surface area contributed by atoms with Gasteiger partial charge in [-0.15, -0.1) is 0 Å². The van der Waals surface area contributed by atoms with Crippen molar-refractivity contribution < 1.29 is 14.7 Å². The second kappa shape index (κ2) is 5.79. The molecule has 25 heavy (non-hydrogen) atoms. The van der Waals surface area contributed by atoms with Crippen LogP contribution in [-0.2, 0) is 10.4 Å². The van der Waals surface area contributed by atoms with Gasteiger partial charge in [-0.2, -0.15) is 0 Å². The van der Waals surface area contributed by atoms with E-state index < -0.39 is 11.5 Å². The zero-order chi connectivity index (χ0) is 17.6. The van der Waals surface area contributed by atoms with E-state index in [0.29, 0.717) is 16.8 Å². The molecule has 3 aromatic rings. The summed E-state index contributed by atoms with van der Waals surface area (Å²) in [7, 11) is 0. The number of ketones is 1. The molecule has 1 aliphatic rings. The molecular weight excluding hydrogens is 382 g/mol. The van der Waals surface area contributed by atoms with Crippen LogP contribution in [0.1, 0.15) is 22.3 Å². The lowest BCUT2D eigenvalue weighted by Gasteiger charge is -2.20. The van der Waals surface area contributed by atoms with Crippen LogP contribution in [0.2, 0.25) is 0 Å². The van der Waals surface area contributed by atoms with Crippen molar-refractivity contribution in [2.75, 3.05) is 5.32 Å². The third-order valence-corrected chi connectivity index (χ3v) is 5.03. The van der Waals surface area contributed by atoms with Gasteiger partial charge < -0.3 is 10.4 Å². The van der Waals surface area contributed by atoms with E-state index in [-0.39, 0.29) is 12.2 Å². The minimum atomic E-state index is -1.86. The maximum absolute atomic E-state index is 12.7. The van der Waals surface area contributed by atoms with Gasteiger partial charge in [-0.3, -0.25) is 9.59 Å². The molecule has 0 spiro atoms. The van der Waals surface area contributed by atoms with Gasteiger partial charge in [0.15, 0.2) is 11.4 Å². The number of benzene rings is 3. The van der Waals surface area contributed by atoms with Gasteiger partial charge in [0, 0.05) is 21.3 Å². The summed E-state index contributed by atoms with van der Waals surface area (Å²) in [5.41, 5.74) is -0.437. The number of aliphatic hydroxyl groups is 1. The van der Waals surface area contributed by atoms with Crippen molar-refractivity contribution in [3.8, 4) is 0 Å². The van der Waals surface area contributed by atoms with Crippen molar-refractivity contribution in [1.29, 1.82) is 0 Å². The first kappa shape index (κ1) is 16.0. The summed E-state index contributed by atoms with van der Waals surface area (Å²) in [4.78, 5) is 25.1. The topological polar surface area (TPSA) is 66.4 Å². The maximum Gasteiger partial charge on any atom is 0.261 e. The number of rotatable bonds is 3. The Morgan fingerprint density at radius 1 is 1.04 bits per heavy atom. The summed E-state index contributed by atoms with van der Waals surface area (Å²) >= 11 is 3.34. The summed E-state index contributed by atoms with van der Waals surface area (Å²) in [6, 6.07) is 18.3. The predicted octanol–water partition coefficient (Wildman–Crippen LogP) is 4.02. The van der Waals surface area contributed by atoms with Crippen molar-refractivity contribution in [3.05, 3.63) is 76.3 Å². The molecule has 0 saturated carbocycles. The normalized spacial score (nSPS) is 18.9. The van der Waals surface area contributed by atoms with E-state index in [2.05, 4.69) is 21.2 Å². The summed E-state index contributed by atoms with van der Waals surface area (Å²) in [6.45, 7) is 0. The molecule has 0 aromatic heterocycles. The number of anilines is 1. The van der Waals surface area contributed by atoms with Crippen molar-refractivity contribution in [1.82, 2.24) is 0 Å². The minimum absolute atomic E-state index is 0.281. The first-order valence-corrected chi connectivity index (χ1v) is 8.62. The molecule has 0 bridgehead atoms. The number of Topliss-reactive ketones (excluding diaryl/α,β-unsaturated/α-hetero) is 1. The van der Waals surface area contributed by atoms with Crippen molar-refractivity contribution in [2.24, 2.45) is 0 Å². The number of hydrogen-bond acceptors (Lipinski definition) is 3. The monoisotopic (exact) mass is 395 g/mol. The summed E-state index contributed by atoms with van der Waals surface area (Å²) in [5.74, 6) is -0.856. The SMILES string of the molecule is O=C(C[C@@]1(O)C(=O)Nc2ccc(Br)cc21)c1ccc2ccccc2c1. The lowest BCUT2D eigenvalue weighted by atomic mass is 9.88. The lowest BCUT2D eigenvalue weighted by Crippen LogP contribution is -2.36. The maximum atomic E-state index is 12.7. The molecule has 0 unspecified atom stereocenters. The number of amides is 1. The van der Waals surface area contributed by atoms with Crippen LogP contribution >= 0.6 is 15.9 Å². The fourth-order valence-corrected chi connectivity index (χ4v) is 3.55. The van der Waals surface area contributed by atoms with Gasteiger partial charge in [0.1, 0.15) is 0 Å². The quantitative estimate of drug-likeness (QED) is 0.658. The average Bonchev–Trinajstić information content (AvgIpc) is 2.85. The van der Waals surface area contributed by atoms with Crippen LogP contribution in [0, 0.1) is 0 Å². The molecule has 0 saturated heterocycles. The molecule has 0 fully saturated rings. The van der Waals surface area contributed by atoms with E-state index in [1.807, 2.05) is 30.3 Å². The van der Waals surface area contributed by atoms with E-state index in [9.17, 15) is 14.7 Å². The van der Waals surface area contributed by atoms with E-state index in [1.165, 1.54) is 0 Å². The Kier molecular flexibility index (Phi) is 3.71. The van der Waals surface area contributed by atoms with Crippen LogP contribution in [0.4, 0.5) is 5.69 Å². The van der Waals surface area contributed by atoms with Crippen molar-refractivity contribution >= 4 is 44.1 Å². The molecule has 1 aliphatic heterocycles. The zero-order valence-corrected chi connectivity index (χ0v) is 14.7.